The molecular formula is C18H12BrN5O5. The monoisotopic (exact) mass is 457 g/mol. The van der Waals surface area contributed by atoms with Crippen LogP contribution < -0.4 is 9.47 Å². The van der Waals surface area contributed by atoms with Gasteiger partial charge in [0.05, 0.1) is 10.6 Å². The number of aliphatic imine (C=N–C) groups is 1. The van der Waals surface area contributed by atoms with Crippen molar-refractivity contribution in [3.05, 3.63) is 75.5 Å². The lowest BCUT2D eigenvalue weighted by Crippen LogP contribution is -1.96. The van der Waals surface area contributed by atoms with E-state index in [1.165, 1.54) is 18.2 Å². The van der Waals surface area contributed by atoms with Gasteiger partial charge in [-0.1, -0.05) is 12.1 Å². The van der Waals surface area contributed by atoms with E-state index in [4.69, 9.17) is 14.3 Å². The number of nitrogens with zero attached hydrogens (tertiary/aromatic N) is 5. The molecule has 1 aromatic heterocycles. The van der Waals surface area contributed by atoms with E-state index in [1.807, 2.05) is 0 Å². The highest BCUT2D eigenvalue weighted by Crippen LogP contribution is 2.25. The van der Waals surface area contributed by atoms with E-state index in [2.05, 4.69) is 36.0 Å². The molecule has 0 aliphatic rings. The molecule has 0 aliphatic heterocycles. The van der Waals surface area contributed by atoms with Gasteiger partial charge < -0.3 is 14.3 Å². The number of ether oxygens (including phenoxy) is 2. The largest absolute Gasteiger partial charge is 0.435 e. The lowest BCUT2D eigenvalue weighted by atomic mass is 10.3. The lowest BCUT2D eigenvalue weighted by Gasteiger charge is -2.03. The zero-order chi connectivity index (χ0) is 20.5. The minimum absolute atomic E-state index is 0.0480. The lowest BCUT2D eigenvalue weighted by molar-refractivity contribution is -0.385. The van der Waals surface area contributed by atoms with E-state index < -0.39 is 4.92 Å². The fourth-order valence-electron chi connectivity index (χ4n) is 2.00. The molecule has 0 saturated heterocycles. The number of benzene rings is 2. The Morgan fingerprint density at radius 1 is 1.07 bits per heavy atom. The van der Waals surface area contributed by atoms with Crippen LogP contribution in [0.1, 0.15) is 0 Å². The molecule has 0 amide bonds. The van der Waals surface area contributed by atoms with Crippen LogP contribution in [0.15, 0.2) is 75.5 Å². The Morgan fingerprint density at radius 2 is 1.86 bits per heavy atom. The van der Waals surface area contributed by atoms with E-state index in [1.54, 1.807) is 42.6 Å². The maximum atomic E-state index is 10.9. The summed E-state index contributed by atoms with van der Waals surface area (Å²) in [7, 11) is 0. The summed E-state index contributed by atoms with van der Waals surface area (Å²) in [6.07, 6.45) is 3.60. The number of hydrogen-bond donors (Lipinski definition) is 0. The number of oxime groups is 1. The molecule has 0 radical (unpaired) electrons. The Balaban J connectivity index is 1.49. The van der Waals surface area contributed by atoms with Gasteiger partial charge in [-0.15, -0.1) is 0 Å². The van der Waals surface area contributed by atoms with Gasteiger partial charge in [-0.25, -0.2) is 9.98 Å². The molecule has 1 heterocycles. The van der Waals surface area contributed by atoms with E-state index in [-0.39, 0.29) is 17.4 Å². The summed E-state index contributed by atoms with van der Waals surface area (Å²) >= 11 is 3.24. The Morgan fingerprint density at radius 3 is 2.62 bits per heavy atom. The molecule has 3 rings (SSSR count). The smallest absolute Gasteiger partial charge is 0.322 e. The average molecular weight is 458 g/mol. The third-order valence-corrected chi connectivity index (χ3v) is 3.68. The van der Waals surface area contributed by atoms with Crippen LogP contribution in [0.5, 0.6) is 17.5 Å². The third-order valence-electron chi connectivity index (χ3n) is 3.24. The first-order chi connectivity index (χ1) is 14.1. The molecule has 0 spiro atoms. The fraction of sp³-hybridized carbons (Fsp3) is 0. The van der Waals surface area contributed by atoms with Crippen molar-refractivity contribution in [2.45, 2.75) is 0 Å². The second kappa shape index (κ2) is 9.90. The SMILES string of the molecule is O=[N+]([O-])c1ccccc1O/C=N/O/C=N/c1ccc(Oc2nccc(Br)n2)cc1. The summed E-state index contributed by atoms with van der Waals surface area (Å²) in [5, 5.41) is 14.4. The van der Waals surface area contributed by atoms with Gasteiger partial charge in [0.15, 0.2) is 0 Å². The van der Waals surface area contributed by atoms with Crippen molar-refractivity contribution < 1.29 is 19.2 Å². The minimum Gasteiger partial charge on any atom is -0.435 e. The van der Waals surface area contributed by atoms with Gasteiger partial charge in [0.1, 0.15) is 10.4 Å². The number of para-hydroxylation sites is 2. The maximum Gasteiger partial charge on any atom is 0.322 e. The highest BCUT2D eigenvalue weighted by Gasteiger charge is 2.12. The van der Waals surface area contributed by atoms with Crippen LogP contribution >= 0.6 is 15.9 Å². The van der Waals surface area contributed by atoms with Crippen LogP contribution in [0.4, 0.5) is 11.4 Å². The molecule has 29 heavy (non-hydrogen) atoms. The average Bonchev–Trinajstić information content (AvgIpc) is 2.72. The number of nitro groups is 1. The summed E-state index contributed by atoms with van der Waals surface area (Å²) in [6, 6.07) is 14.6. The second-order valence-corrected chi connectivity index (χ2v) is 5.96. The Bertz CT molecular complexity index is 1040. The maximum absolute atomic E-state index is 10.9. The van der Waals surface area contributed by atoms with E-state index in [0.717, 1.165) is 12.8 Å². The van der Waals surface area contributed by atoms with Crippen LogP contribution in [0.25, 0.3) is 0 Å². The first-order valence-electron chi connectivity index (χ1n) is 7.98. The Labute approximate surface area is 172 Å². The first-order valence-corrected chi connectivity index (χ1v) is 8.78. The third kappa shape index (κ3) is 6.07. The van der Waals surface area contributed by atoms with E-state index in [9.17, 15) is 10.1 Å². The van der Waals surface area contributed by atoms with Crippen LogP contribution in [-0.2, 0) is 4.84 Å². The summed E-state index contributed by atoms with van der Waals surface area (Å²) in [5.41, 5.74) is 0.408. The molecular weight excluding hydrogens is 446 g/mol. The molecule has 10 nitrogen and oxygen atoms in total. The molecule has 0 fully saturated rings. The topological polar surface area (TPSA) is 121 Å². The van der Waals surface area contributed by atoms with Crippen molar-refractivity contribution in [1.29, 1.82) is 0 Å². The van der Waals surface area contributed by atoms with Crippen molar-refractivity contribution in [1.82, 2.24) is 9.97 Å². The summed E-state index contributed by atoms with van der Waals surface area (Å²) in [5.74, 6) is 0.589. The zero-order valence-electron chi connectivity index (χ0n) is 14.6. The molecule has 0 saturated carbocycles. The number of nitro benzene ring substituents is 1. The molecule has 2 aromatic carbocycles. The van der Waals surface area contributed by atoms with Gasteiger partial charge >= 0.3 is 11.7 Å². The highest BCUT2D eigenvalue weighted by atomic mass is 79.9. The fourth-order valence-corrected chi connectivity index (χ4v) is 2.27. The quantitative estimate of drug-likeness (QED) is 0.159. The number of rotatable bonds is 8. The van der Waals surface area contributed by atoms with Gasteiger partial charge in [-0.2, -0.15) is 4.98 Å². The normalized spacial score (nSPS) is 10.9. The van der Waals surface area contributed by atoms with Crippen molar-refractivity contribution in [2.24, 2.45) is 10.1 Å². The molecule has 0 atom stereocenters. The van der Waals surface area contributed by atoms with Crippen molar-refractivity contribution in [3.63, 3.8) is 0 Å². The molecule has 0 aliphatic carbocycles. The second-order valence-electron chi connectivity index (χ2n) is 5.15. The standard InChI is InChI=1S/C18H12BrN5O5/c19-17-9-10-20-18(23-17)29-14-7-5-13(6-8-14)21-11-28-22-12-27-16-4-2-1-3-15(16)24(25)26/h1-12H/b21-11+,22-12+. The van der Waals surface area contributed by atoms with Gasteiger partial charge in [0, 0.05) is 12.3 Å². The summed E-state index contributed by atoms with van der Waals surface area (Å²) in [4.78, 5) is 27.2. The van der Waals surface area contributed by atoms with Gasteiger partial charge in [0.2, 0.25) is 18.6 Å². The molecule has 3 aromatic rings. The van der Waals surface area contributed by atoms with Gasteiger partial charge in [-0.3, -0.25) is 10.1 Å². The van der Waals surface area contributed by atoms with Crippen LogP contribution in [0, 0.1) is 10.1 Å². The number of halogens is 1. The van der Waals surface area contributed by atoms with Crippen molar-refractivity contribution >= 4 is 40.1 Å². The molecule has 11 heteroatoms. The van der Waals surface area contributed by atoms with E-state index in [0.29, 0.717) is 16.0 Å². The molecule has 0 unspecified atom stereocenters. The van der Waals surface area contributed by atoms with E-state index >= 15 is 0 Å². The predicted octanol–water partition coefficient (Wildman–Crippen LogP) is 4.64. The van der Waals surface area contributed by atoms with Gasteiger partial charge in [-0.05, 0) is 57.5 Å². The predicted molar refractivity (Wildman–Crippen MR) is 108 cm³/mol. The number of hydrogen-bond acceptors (Lipinski definition) is 9. The molecule has 146 valence electrons. The summed E-state index contributed by atoms with van der Waals surface area (Å²) in [6.45, 7) is 0. The highest BCUT2D eigenvalue weighted by molar-refractivity contribution is 9.10. The van der Waals surface area contributed by atoms with Crippen molar-refractivity contribution in [3.8, 4) is 17.5 Å². The molecule has 0 bridgehead atoms. The van der Waals surface area contributed by atoms with Crippen LogP contribution in [-0.4, -0.2) is 27.7 Å². The van der Waals surface area contributed by atoms with Crippen molar-refractivity contribution in [2.75, 3.05) is 0 Å². The minimum atomic E-state index is -0.554. The number of aromatic nitrogens is 2. The van der Waals surface area contributed by atoms with Gasteiger partial charge in [0.25, 0.3) is 0 Å². The Hall–Kier alpha value is -3.86. The molecule has 0 N–H and O–H groups in total. The van der Waals surface area contributed by atoms with Crippen LogP contribution in [0.3, 0.4) is 0 Å². The Kier molecular flexibility index (Phi) is 6.79. The summed E-state index contributed by atoms with van der Waals surface area (Å²) < 4.78 is 11.2. The van der Waals surface area contributed by atoms with Crippen LogP contribution in [0.2, 0.25) is 0 Å². The first kappa shape index (κ1) is 19.9. The zero-order valence-corrected chi connectivity index (χ0v) is 16.2.